The van der Waals surface area contributed by atoms with Crippen molar-refractivity contribution in [3.8, 4) is 0 Å². The first-order valence-corrected chi connectivity index (χ1v) is 6.46. The summed E-state index contributed by atoms with van der Waals surface area (Å²) in [6.07, 6.45) is 2.54. The zero-order chi connectivity index (χ0) is 11.9. The first-order valence-electron chi connectivity index (χ1n) is 6.46. The molecule has 0 aromatic carbocycles. The van der Waals surface area contributed by atoms with E-state index in [4.69, 9.17) is 0 Å². The third-order valence-electron chi connectivity index (χ3n) is 4.65. The Morgan fingerprint density at radius 3 is 2.19 bits per heavy atom. The summed E-state index contributed by atoms with van der Waals surface area (Å²) >= 11 is 0. The van der Waals surface area contributed by atoms with Crippen molar-refractivity contribution in [3.05, 3.63) is 0 Å². The van der Waals surface area contributed by atoms with E-state index in [2.05, 4.69) is 31.0 Å². The Bertz CT molecular complexity index is 274. The number of hydrogen-bond donors (Lipinski definition) is 1. The number of nitrogens with zero attached hydrogens (tertiary/aromatic N) is 1. The van der Waals surface area contributed by atoms with Gasteiger partial charge in [0.05, 0.1) is 0 Å². The van der Waals surface area contributed by atoms with Crippen molar-refractivity contribution in [3.63, 3.8) is 0 Å². The maximum atomic E-state index is 11.3. The van der Waals surface area contributed by atoms with Crippen LogP contribution in [0.3, 0.4) is 0 Å². The molecule has 2 aliphatic rings. The summed E-state index contributed by atoms with van der Waals surface area (Å²) in [5.41, 5.74) is 0.0528. The molecule has 1 amide bonds. The summed E-state index contributed by atoms with van der Waals surface area (Å²) in [6.45, 7) is 10.7. The van der Waals surface area contributed by atoms with Gasteiger partial charge in [0, 0.05) is 31.6 Å². The monoisotopic (exact) mass is 224 g/mol. The lowest BCUT2D eigenvalue weighted by Gasteiger charge is -2.47. The topological polar surface area (TPSA) is 32.3 Å². The Morgan fingerprint density at radius 2 is 1.81 bits per heavy atom. The molecule has 1 heterocycles. The van der Waals surface area contributed by atoms with Crippen LogP contribution < -0.4 is 5.32 Å². The van der Waals surface area contributed by atoms with Crippen molar-refractivity contribution in [2.75, 3.05) is 13.1 Å². The number of fused-ring (bicyclic) bond motifs is 2. The quantitative estimate of drug-likeness (QED) is 0.773. The van der Waals surface area contributed by atoms with E-state index in [0.717, 1.165) is 13.1 Å². The zero-order valence-electron chi connectivity index (χ0n) is 10.9. The second kappa shape index (κ2) is 4.02. The molecule has 1 saturated carbocycles. The van der Waals surface area contributed by atoms with E-state index in [1.807, 2.05) is 0 Å². The number of nitrogens with one attached hydrogen (secondary N) is 1. The number of carbonyl (C=O) groups is 1. The second-order valence-corrected chi connectivity index (χ2v) is 5.98. The number of carbonyl (C=O) groups excluding carboxylic acids is 1. The molecule has 3 heteroatoms. The molecular weight excluding hydrogens is 200 g/mol. The van der Waals surface area contributed by atoms with Crippen molar-refractivity contribution < 1.29 is 4.79 Å². The lowest BCUT2D eigenvalue weighted by molar-refractivity contribution is -0.122. The Hall–Kier alpha value is -0.570. The molecule has 1 saturated heterocycles. The van der Waals surface area contributed by atoms with Crippen LogP contribution in [-0.2, 0) is 4.79 Å². The Balaban J connectivity index is 2.12. The van der Waals surface area contributed by atoms with E-state index in [0.29, 0.717) is 17.9 Å². The van der Waals surface area contributed by atoms with Gasteiger partial charge in [-0.05, 0) is 45.4 Å². The third-order valence-corrected chi connectivity index (χ3v) is 4.65. The molecule has 2 unspecified atom stereocenters. The highest BCUT2D eigenvalue weighted by Gasteiger charge is 2.51. The van der Waals surface area contributed by atoms with Gasteiger partial charge in [0.25, 0.3) is 0 Å². The van der Waals surface area contributed by atoms with Crippen molar-refractivity contribution in [2.24, 2.45) is 11.8 Å². The van der Waals surface area contributed by atoms with Gasteiger partial charge in [-0.2, -0.15) is 0 Å². The predicted octanol–water partition coefficient (Wildman–Crippen LogP) is 1.63. The van der Waals surface area contributed by atoms with Crippen LogP contribution in [0.2, 0.25) is 0 Å². The molecular formula is C13H24N2O. The summed E-state index contributed by atoms with van der Waals surface area (Å²) in [5, 5.41) is 3.21. The normalized spacial score (nSPS) is 39.1. The lowest BCUT2D eigenvalue weighted by Crippen LogP contribution is -2.61. The molecule has 1 N–H and O–H groups in total. The highest BCUT2D eigenvalue weighted by molar-refractivity contribution is 5.74. The molecule has 92 valence electrons. The molecule has 0 radical (unpaired) electrons. The molecule has 0 aromatic heterocycles. The van der Waals surface area contributed by atoms with E-state index in [1.54, 1.807) is 6.92 Å². The third kappa shape index (κ3) is 1.86. The summed E-state index contributed by atoms with van der Waals surface area (Å²) in [7, 11) is 0. The van der Waals surface area contributed by atoms with Crippen molar-refractivity contribution in [1.82, 2.24) is 10.2 Å². The van der Waals surface area contributed by atoms with Crippen LogP contribution in [0.15, 0.2) is 0 Å². The van der Waals surface area contributed by atoms with Crippen LogP contribution in [0, 0.1) is 11.8 Å². The maximum Gasteiger partial charge on any atom is 0.217 e. The number of rotatable bonds is 2. The molecule has 2 rings (SSSR count). The zero-order valence-corrected chi connectivity index (χ0v) is 10.9. The first-order chi connectivity index (χ1) is 7.43. The maximum absolute atomic E-state index is 11.3. The highest BCUT2D eigenvalue weighted by Crippen LogP contribution is 2.45. The van der Waals surface area contributed by atoms with Gasteiger partial charge >= 0.3 is 0 Å². The molecule has 16 heavy (non-hydrogen) atoms. The van der Waals surface area contributed by atoms with Crippen molar-refractivity contribution in [2.45, 2.75) is 52.1 Å². The van der Waals surface area contributed by atoms with Crippen LogP contribution in [0.5, 0.6) is 0 Å². The van der Waals surface area contributed by atoms with E-state index in [9.17, 15) is 4.79 Å². The molecule has 1 aliphatic carbocycles. The molecule has 2 atom stereocenters. The van der Waals surface area contributed by atoms with Gasteiger partial charge in [0.2, 0.25) is 5.91 Å². The molecule has 1 aliphatic heterocycles. The van der Waals surface area contributed by atoms with E-state index < -0.39 is 0 Å². The predicted molar refractivity (Wildman–Crippen MR) is 65.1 cm³/mol. The molecule has 3 nitrogen and oxygen atoms in total. The fraction of sp³-hybridized carbons (Fsp3) is 0.923. The number of piperidine rings is 1. The number of likely N-dealkylation sites (tertiary alicyclic amines) is 1. The molecule has 2 bridgehead atoms. The fourth-order valence-electron chi connectivity index (χ4n) is 3.54. The minimum atomic E-state index is 0.0528. The minimum Gasteiger partial charge on any atom is -0.351 e. The van der Waals surface area contributed by atoms with Gasteiger partial charge in [-0.3, -0.25) is 4.79 Å². The SMILES string of the molecule is CC(=O)NC1(C)C2CCC1CN(C(C)C)C2. The van der Waals surface area contributed by atoms with Crippen LogP contribution in [0.1, 0.15) is 40.5 Å². The Kier molecular flexibility index (Phi) is 2.99. The highest BCUT2D eigenvalue weighted by atomic mass is 16.1. The van der Waals surface area contributed by atoms with Crippen molar-refractivity contribution in [1.29, 1.82) is 0 Å². The fourth-order valence-corrected chi connectivity index (χ4v) is 3.54. The Labute approximate surface area is 98.6 Å². The van der Waals surface area contributed by atoms with E-state index >= 15 is 0 Å². The molecule has 0 spiro atoms. The number of amides is 1. The van der Waals surface area contributed by atoms with Gasteiger partial charge in [-0.25, -0.2) is 0 Å². The van der Waals surface area contributed by atoms with Gasteiger partial charge in [0.15, 0.2) is 0 Å². The smallest absolute Gasteiger partial charge is 0.217 e. The standard InChI is InChI=1S/C13H24N2O/c1-9(2)15-7-11-5-6-12(8-15)13(11,4)14-10(3)16/h9,11-12H,5-8H2,1-4H3,(H,14,16). The Morgan fingerprint density at radius 1 is 1.31 bits per heavy atom. The summed E-state index contributed by atoms with van der Waals surface area (Å²) < 4.78 is 0. The van der Waals surface area contributed by atoms with E-state index in [-0.39, 0.29) is 11.4 Å². The van der Waals surface area contributed by atoms with Gasteiger partial charge in [-0.1, -0.05) is 0 Å². The summed E-state index contributed by atoms with van der Waals surface area (Å²) in [5.74, 6) is 1.40. The van der Waals surface area contributed by atoms with Gasteiger partial charge < -0.3 is 10.2 Å². The summed E-state index contributed by atoms with van der Waals surface area (Å²) in [6, 6.07) is 0.630. The lowest BCUT2D eigenvalue weighted by atomic mass is 9.78. The molecule has 0 aromatic rings. The largest absolute Gasteiger partial charge is 0.351 e. The van der Waals surface area contributed by atoms with Gasteiger partial charge in [-0.15, -0.1) is 0 Å². The molecule has 2 fully saturated rings. The van der Waals surface area contributed by atoms with Crippen LogP contribution in [-0.4, -0.2) is 35.5 Å². The minimum absolute atomic E-state index is 0.0528. The second-order valence-electron chi connectivity index (χ2n) is 5.98. The van der Waals surface area contributed by atoms with E-state index in [1.165, 1.54) is 12.8 Å². The number of hydrogen-bond acceptors (Lipinski definition) is 2. The van der Waals surface area contributed by atoms with Crippen LogP contribution in [0.25, 0.3) is 0 Å². The average Bonchev–Trinajstić information content (AvgIpc) is 2.38. The van der Waals surface area contributed by atoms with Crippen LogP contribution in [0.4, 0.5) is 0 Å². The first kappa shape index (κ1) is 11.9. The van der Waals surface area contributed by atoms with Crippen LogP contribution >= 0.6 is 0 Å². The van der Waals surface area contributed by atoms with Gasteiger partial charge in [0.1, 0.15) is 0 Å². The van der Waals surface area contributed by atoms with Crippen molar-refractivity contribution >= 4 is 5.91 Å². The summed E-state index contributed by atoms with van der Waals surface area (Å²) in [4.78, 5) is 13.9. The average molecular weight is 224 g/mol.